The summed E-state index contributed by atoms with van der Waals surface area (Å²) in [5, 5.41) is 18.1. The van der Waals surface area contributed by atoms with Gasteiger partial charge in [-0.25, -0.2) is 9.59 Å². The molecule has 0 amide bonds. The molecule has 1 aliphatic rings. The molecule has 1 aliphatic carbocycles. The lowest BCUT2D eigenvalue weighted by Crippen LogP contribution is -2.10. The first kappa shape index (κ1) is 10.7. The minimum Gasteiger partial charge on any atom is -0.478 e. The van der Waals surface area contributed by atoms with Gasteiger partial charge in [0, 0.05) is 0 Å². The van der Waals surface area contributed by atoms with E-state index in [1.165, 1.54) is 6.07 Å². The van der Waals surface area contributed by atoms with Crippen molar-refractivity contribution in [1.82, 2.24) is 0 Å². The zero-order valence-electron chi connectivity index (χ0n) is 8.86. The van der Waals surface area contributed by atoms with Gasteiger partial charge in [-0.05, 0) is 42.9 Å². The van der Waals surface area contributed by atoms with E-state index in [0.29, 0.717) is 11.5 Å². The Morgan fingerprint density at radius 3 is 2.25 bits per heavy atom. The average Bonchev–Trinajstić information content (AvgIpc) is 2.98. The van der Waals surface area contributed by atoms with Gasteiger partial charge in [-0.15, -0.1) is 0 Å². The number of carboxylic acids is 2. The first-order valence-corrected chi connectivity index (χ1v) is 5.12. The lowest BCUT2D eigenvalue weighted by Gasteiger charge is -2.10. The number of rotatable bonds is 3. The van der Waals surface area contributed by atoms with Crippen molar-refractivity contribution in [3.63, 3.8) is 0 Å². The molecule has 2 N–H and O–H groups in total. The van der Waals surface area contributed by atoms with Crippen LogP contribution in [0.4, 0.5) is 0 Å². The third kappa shape index (κ3) is 1.66. The molecule has 0 aliphatic heterocycles. The maximum Gasteiger partial charge on any atom is 0.336 e. The Labute approximate surface area is 92.5 Å². The van der Waals surface area contributed by atoms with Crippen LogP contribution in [-0.2, 0) is 0 Å². The van der Waals surface area contributed by atoms with Gasteiger partial charge in [-0.2, -0.15) is 0 Å². The van der Waals surface area contributed by atoms with E-state index in [1.54, 1.807) is 13.0 Å². The summed E-state index contributed by atoms with van der Waals surface area (Å²) in [5.41, 5.74) is 1.36. The van der Waals surface area contributed by atoms with Gasteiger partial charge >= 0.3 is 11.9 Å². The Morgan fingerprint density at radius 1 is 1.19 bits per heavy atom. The molecule has 1 fully saturated rings. The van der Waals surface area contributed by atoms with Crippen molar-refractivity contribution in [2.24, 2.45) is 0 Å². The molecule has 0 aromatic heterocycles. The van der Waals surface area contributed by atoms with Crippen LogP contribution in [0.5, 0.6) is 0 Å². The van der Waals surface area contributed by atoms with Crippen molar-refractivity contribution in [3.05, 3.63) is 34.4 Å². The molecule has 2 rings (SSSR count). The highest BCUT2D eigenvalue weighted by Crippen LogP contribution is 2.42. The van der Waals surface area contributed by atoms with Crippen LogP contribution >= 0.6 is 0 Å². The second kappa shape index (κ2) is 3.63. The zero-order valence-corrected chi connectivity index (χ0v) is 8.86. The van der Waals surface area contributed by atoms with E-state index in [0.717, 1.165) is 18.4 Å². The first-order valence-electron chi connectivity index (χ1n) is 5.12. The van der Waals surface area contributed by atoms with Crippen LogP contribution in [0.2, 0.25) is 0 Å². The molecule has 4 heteroatoms. The van der Waals surface area contributed by atoms with E-state index in [1.807, 2.05) is 0 Å². The predicted molar refractivity (Wildman–Crippen MR) is 57.1 cm³/mol. The highest BCUT2D eigenvalue weighted by molar-refractivity contribution is 5.97. The molecule has 0 atom stereocenters. The van der Waals surface area contributed by atoms with E-state index in [2.05, 4.69) is 0 Å². The summed E-state index contributed by atoms with van der Waals surface area (Å²) in [6.45, 7) is 1.55. The maximum absolute atomic E-state index is 11.2. The minimum absolute atomic E-state index is 0.0711. The van der Waals surface area contributed by atoms with Crippen LogP contribution in [0, 0.1) is 6.92 Å². The van der Waals surface area contributed by atoms with Gasteiger partial charge in [0.25, 0.3) is 0 Å². The molecule has 1 aromatic carbocycles. The SMILES string of the molecule is Cc1c(C(=O)O)ccc(C2CC2)c1C(=O)O. The number of benzene rings is 1. The number of carbonyl (C=O) groups is 2. The fourth-order valence-corrected chi connectivity index (χ4v) is 1.98. The molecule has 0 heterocycles. The molecule has 0 saturated heterocycles. The monoisotopic (exact) mass is 220 g/mol. The van der Waals surface area contributed by atoms with Crippen LogP contribution in [0.1, 0.15) is 50.6 Å². The summed E-state index contributed by atoms with van der Waals surface area (Å²) < 4.78 is 0. The third-order valence-electron chi connectivity index (χ3n) is 2.96. The van der Waals surface area contributed by atoms with E-state index >= 15 is 0 Å². The van der Waals surface area contributed by atoms with E-state index in [9.17, 15) is 9.59 Å². The smallest absolute Gasteiger partial charge is 0.336 e. The zero-order chi connectivity index (χ0) is 11.9. The van der Waals surface area contributed by atoms with Gasteiger partial charge in [-0.1, -0.05) is 6.07 Å². The number of hydrogen-bond acceptors (Lipinski definition) is 2. The standard InChI is InChI=1S/C12H12O4/c1-6-8(11(13)14)4-5-9(7-2-3-7)10(6)12(15)16/h4-5,7H,2-3H2,1H3,(H,13,14)(H,15,16). The molecule has 1 saturated carbocycles. The van der Waals surface area contributed by atoms with E-state index in [-0.39, 0.29) is 11.1 Å². The second-order valence-corrected chi connectivity index (χ2v) is 4.09. The lowest BCUT2D eigenvalue weighted by molar-refractivity contribution is 0.0695. The van der Waals surface area contributed by atoms with Gasteiger partial charge in [0.2, 0.25) is 0 Å². The van der Waals surface area contributed by atoms with Crippen molar-refractivity contribution >= 4 is 11.9 Å². The molecule has 4 nitrogen and oxygen atoms in total. The maximum atomic E-state index is 11.2. The van der Waals surface area contributed by atoms with Crippen LogP contribution in [0.3, 0.4) is 0 Å². The van der Waals surface area contributed by atoms with Gasteiger partial charge in [0.05, 0.1) is 11.1 Å². The minimum atomic E-state index is -1.08. The Kier molecular flexibility index (Phi) is 2.42. The van der Waals surface area contributed by atoms with Crippen LogP contribution < -0.4 is 0 Å². The molecule has 0 unspecified atom stereocenters. The lowest BCUT2D eigenvalue weighted by atomic mass is 9.94. The highest BCUT2D eigenvalue weighted by atomic mass is 16.4. The summed E-state index contributed by atoms with van der Waals surface area (Å²) in [7, 11) is 0. The summed E-state index contributed by atoms with van der Waals surface area (Å²) >= 11 is 0. The van der Waals surface area contributed by atoms with Gasteiger partial charge in [0.15, 0.2) is 0 Å². The van der Waals surface area contributed by atoms with Crippen molar-refractivity contribution in [2.45, 2.75) is 25.7 Å². The van der Waals surface area contributed by atoms with Gasteiger partial charge < -0.3 is 10.2 Å². The van der Waals surface area contributed by atoms with Crippen molar-refractivity contribution < 1.29 is 19.8 Å². The fourth-order valence-electron chi connectivity index (χ4n) is 1.98. The van der Waals surface area contributed by atoms with Crippen LogP contribution in [0.25, 0.3) is 0 Å². The Balaban J connectivity index is 2.62. The molecule has 16 heavy (non-hydrogen) atoms. The molecule has 84 valence electrons. The van der Waals surface area contributed by atoms with E-state index in [4.69, 9.17) is 10.2 Å². The van der Waals surface area contributed by atoms with Crippen molar-refractivity contribution in [2.75, 3.05) is 0 Å². The number of hydrogen-bond donors (Lipinski definition) is 2. The molecule has 0 spiro atoms. The molecule has 0 bridgehead atoms. The van der Waals surface area contributed by atoms with Crippen LogP contribution in [-0.4, -0.2) is 22.2 Å². The second-order valence-electron chi connectivity index (χ2n) is 4.09. The quantitative estimate of drug-likeness (QED) is 0.819. The normalized spacial score (nSPS) is 14.8. The number of carboxylic acid groups (broad SMARTS) is 2. The van der Waals surface area contributed by atoms with Crippen molar-refractivity contribution in [1.29, 1.82) is 0 Å². The van der Waals surface area contributed by atoms with Crippen LogP contribution in [0.15, 0.2) is 12.1 Å². The summed E-state index contributed by atoms with van der Waals surface area (Å²) in [6, 6.07) is 3.13. The molecule has 1 aromatic rings. The average molecular weight is 220 g/mol. The Hall–Kier alpha value is -1.84. The van der Waals surface area contributed by atoms with E-state index < -0.39 is 11.9 Å². The van der Waals surface area contributed by atoms with Gasteiger partial charge in [-0.3, -0.25) is 0 Å². The molecule has 0 radical (unpaired) electrons. The fraction of sp³-hybridized carbons (Fsp3) is 0.333. The van der Waals surface area contributed by atoms with Crippen molar-refractivity contribution in [3.8, 4) is 0 Å². The summed E-state index contributed by atoms with van der Waals surface area (Å²) in [5.74, 6) is -1.82. The number of aromatic carboxylic acids is 2. The third-order valence-corrected chi connectivity index (χ3v) is 2.96. The predicted octanol–water partition coefficient (Wildman–Crippen LogP) is 2.27. The Morgan fingerprint density at radius 2 is 1.81 bits per heavy atom. The summed E-state index contributed by atoms with van der Waals surface area (Å²) in [6.07, 6.45) is 1.98. The molecular formula is C12H12O4. The molecular weight excluding hydrogens is 208 g/mol. The van der Waals surface area contributed by atoms with Gasteiger partial charge in [0.1, 0.15) is 0 Å². The largest absolute Gasteiger partial charge is 0.478 e. The Bertz CT molecular complexity index is 472. The summed E-state index contributed by atoms with van der Waals surface area (Å²) in [4.78, 5) is 22.1. The first-order chi connectivity index (χ1) is 7.52. The highest BCUT2D eigenvalue weighted by Gasteiger charge is 2.30. The topological polar surface area (TPSA) is 74.6 Å².